The Morgan fingerprint density at radius 2 is 2.20 bits per heavy atom. The number of hydrogen-bond acceptors (Lipinski definition) is 5. The van der Waals surface area contributed by atoms with Gasteiger partial charge in [-0.2, -0.15) is 0 Å². The van der Waals surface area contributed by atoms with E-state index < -0.39 is 0 Å². The lowest BCUT2D eigenvalue weighted by Gasteiger charge is -2.31. The Labute approximate surface area is 148 Å². The molecule has 0 saturated carbocycles. The lowest BCUT2D eigenvalue weighted by atomic mass is 9.97. The van der Waals surface area contributed by atoms with E-state index in [9.17, 15) is 9.59 Å². The Morgan fingerprint density at radius 3 is 2.92 bits per heavy atom. The quantitative estimate of drug-likeness (QED) is 0.675. The molecule has 2 amide bonds. The number of likely N-dealkylation sites (tertiary alicyclic amines) is 1. The van der Waals surface area contributed by atoms with E-state index in [0.29, 0.717) is 31.1 Å². The highest BCUT2D eigenvalue weighted by molar-refractivity contribution is 5.93. The van der Waals surface area contributed by atoms with Crippen LogP contribution in [0.1, 0.15) is 18.4 Å². The highest BCUT2D eigenvalue weighted by atomic mass is 16.5. The predicted molar refractivity (Wildman–Crippen MR) is 97.6 cm³/mol. The second-order valence-corrected chi connectivity index (χ2v) is 6.41. The molecule has 1 aliphatic rings. The first-order valence-corrected chi connectivity index (χ1v) is 8.68. The molecule has 138 valence electrons. The van der Waals surface area contributed by atoms with E-state index in [1.807, 2.05) is 30.0 Å². The fourth-order valence-corrected chi connectivity index (χ4v) is 3.07. The summed E-state index contributed by atoms with van der Waals surface area (Å²) in [6.07, 6.45) is 1.75. The van der Waals surface area contributed by atoms with Gasteiger partial charge in [0.15, 0.2) is 0 Å². The molecule has 7 nitrogen and oxygen atoms in total. The Hall–Kier alpha value is -2.12. The van der Waals surface area contributed by atoms with Crippen LogP contribution in [0.25, 0.3) is 0 Å². The van der Waals surface area contributed by atoms with Gasteiger partial charge in [-0.3, -0.25) is 14.5 Å². The fourth-order valence-electron chi connectivity index (χ4n) is 3.07. The number of methoxy groups -OCH3 is 1. The van der Waals surface area contributed by atoms with Crippen LogP contribution in [0.3, 0.4) is 0 Å². The van der Waals surface area contributed by atoms with E-state index in [-0.39, 0.29) is 24.3 Å². The normalized spacial score (nSPS) is 17.8. The van der Waals surface area contributed by atoms with Gasteiger partial charge in [0.05, 0.1) is 25.3 Å². The van der Waals surface area contributed by atoms with Crippen LogP contribution in [0, 0.1) is 12.8 Å². The Morgan fingerprint density at radius 1 is 1.40 bits per heavy atom. The Kier molecular flexibility index (Phi) is 7.21. The zero-order valence-corrected chi connectivity index (χ0v) is 15.0. The maximum Gasteiger partial charge on any atom is 0.238 e. The zero-order valence-electron chi connectivity index (χ0n) is 15.0. The number of hydrogen-bond donors (Lipinski definition) is 3. The Bertz CT molecular complexity index is 606. The summed E-state index contributed by atoms with van der Waals surface area (Å²) >= 11 is 0. The minimum absolute atomic E-state index is 0.0240. The third-order valence-corrected chi connectivity index (χ3v) is 4.32. The molecule has 25 heavy (non-hydrogen) atoms. The monoisotopic (exact) mass is 348 g/mol. The van der Waals surface area contributed by atoms with Crippen molar-refractivity contribution >= 4 is 17.5 Å². The van der Waals surface area contributed by atoms with Gasteiger partial charge in [-0.05, 0) is 44.0 Å². The van der Waals surface area contributed by atoms with Gasteiger partial charge in [0, 0.05) is 19.6 Å². The summed E-state index contributed by atoms with van der Waals surface area (Å²) in [5, 5.41) is 5.73. The number of nitrogens with zero attached hydrogens (tertiary/aromatic N) is 1. The topological polar surface area (TPSA) is 96.7 Å². The molecule has 0 spiro atoms. The standard InChI is InChI=1S/C18H28N4O3/c1-13-5-6-16(25-2)15(10-13)21-17(23)12-22-9-3-4-14(11-22)18(24)20-8-7-19/h5-6,10,14H,3-4,7-9,11-12,19H2,1-2H3,(H,20,24)(H,21,23). The third-order valence-electron chi connectivity index (χ3n) is 4.32. The smallest absolute Gasteiger partial charge is 0.238 e. The van der Waals surface area contributed by atoms with Crippen LogP contribution in [0.5, 0.6) is 5.75 Å². The van der Waals surface area contributed by atoms with E-state index in [1.165, 1.54) is 0 Å². The first kappa shape index (κ1) is 19.2. The van der Waals surface area contributed by atoms with Crippen LogP contribution in [0.15, 0.2) is 18.2 Å². The van der Waals surface area contributed by atoms with E-state index >= 15 is 0 Å². The summed E-state index contributed by atoms with van der Waals surface area (Å²) in [6, 6.07) is 5.66. The van der Waals surface area contributed by atoms with Crippen LogP contribution in [-0.4, -0.2) is 56.5 Å². The first-order valence-electron chi connectivity index (χ1n) is 8.68. The summed E-state index contributed by atoms with van der Waals surface area (Å²) in [7, 11) is 1.58. The van der Waals surface area contributed by atoms with Gasteiger partial charge in [-0.1, -0.05) is 6.07 Å². The first-order chi connectivity index (χ1) is 12.0. The molecule has 0 aliphatic carbocycles. The molecule has 1 aromatic rings. The number of amides is 2. The molecule has 1 aliphatic heterocycles. The van der Waals surface area contributed by atoms with Gasteiger partial charge in [-0.15, -0.1) is 0 Å². The molecule has 4 N–H and O–H groups in total. The molecule has 1 aromatic carbocycles. The lowest BCUT2D eigenvalue weighted by Crippen LogP contribution is -2.46. The van der Waals surface area contributed by atoms with Gasteiger partial charge in [0.25, 0.3) is 0 Å². The number of carbonyl (C=O) groups is 2. The second-order valence-electron chi connectivity index (χ2n) is 6.41. The average molecular weight is 348 g/mol. The maximum atomic E-state index is 12.4. The number of nitrogens with two attached hydrogens (primary N) is 1. The zero-order chi connectivity index (χ0) is 18.2. The molecule has 1 saturated heterocycles. The highest BCUT2D eigenvalue weighted by Crippen LogP contribution is 2.25. The van der Waals surface area contributed by atoms with Gasteiger partial charge < -0.3 is 21.1 Å². The molecule has 0 aromatic heterocycles. The fraction of sp³-hybridized carbons (Fsp3) is 0.556. The van der Waals surface area contributed by atoms with Crippen molar-refractivity contribution < 1.29 is 14.3 Å². The van der Waals surface area contributed by atoms with Crippen molar-refractivity contribution in [3.8, 4) is 5.75 Å². The molecule has 1 fully saturated rings. The third kappa shape index (κ3) is 5.72. The number of nitrogens with one attached hydrogen (secondary N) is 2. The molecule has 2 rings (SSSR count). The number of anilines is 1. The van der Waals surface area contributed by atoms with Gasteiger partial charge >= 0.3 is 0 Å². The van der Waals surface area contributed by atoms with Crippen molar-refractivity contribution in [2.75, 3.05) is 45.2 Å². The summed E-state index contributed by atoms with van der Waals surface area (Å²) in [5.74, 6) is 0.473. The summed E-state index contributed by atoms with van der Waals surface area (Å²) < 4.78 is 5.29. The van der Waals surface area contributed by atoms with Crippen LogP contribution >= 0.6 is 0 Å². The number of rotatable bonds is 7. The minimum atomic E-state index is -0.105. The SMILES string of the molecule is COc1ccc(C)cc1NC(=O)CN1CCCC(C(=O)NCCN)C1. The van der Waals surface area contributed by atoms with Crippen molar-refractivity contribution in [2.45, 2.75) is 19.8 Å². The molecule has 0 radical (unpaired) electrons. The molecule has 7 heteroatoms. The van der Waals surface area contributed by atoms with Crippen molar-refractivity contribution in [1.29, 1.82) is 0 Å². The molecule has 0 bridgehead atoms. The molecule has 1 heterocycles. The maximum absolute atomic E-state index is 12.4. The number of piperidine rings is 1. The van der Waals surface area contributed by atoms with Crippen molar-refractivity contribution in [2.24, 2.45) is 11.7 Å². The van der Waals surface area contributed by atoms with Gasteiger partial charge in [0.1, 0.15) is 5.75 Å². The van der Waals surface area contributed by atoms with Gasteiger partial charge in [0.2, 0.25) is 11.8 Å². The molecule has 1 atom stereocenters. The van der Waals surface area contributed by atoms with E-state index in [4.69, 9.17) is 10.5 Å². The average Bonchev–Trinajstić information content (AvgIpc) is 2.60. The second kappa shape index (κ2) is 9.39. The summed E-state index contributed by atoms with van der Waals surface area (Å²) in [5.41, 5.74) is 7.13. The van der Waals surface area contributed by atoms with Crippen molar-refractivity contribution in [1.82, 2.24) is 10.2 Å². The molecule has 1 unspecified atom stereocenters. The highest BCUT2D eigenvalue weighted by Gasteiger charge is 2.26. The number of carbonyl (C=O) groups excluding carboxylic acids is 2. The molecular formula is C18H28N4O3. The number of aryl methyl sites for hydroxylation is 1. The molecular weight excluding hydrogens is 320 g/mol. The van der Waals surface area contributed by atoms with E-state index in [1.54, 1.807) is 7.11 Å². The number of benzene rings is 1. The van der Waals surface area contributed by atoms with E-state index in [0.717, 1.165) is 24.9 Å². The largest absolute Gasteiger partial charge is 0.495 e. The van der Waals surface area contributed by atoms with Crippen molar-refractivity contribution in [3.63, 3.8) is 0 Å². The van der Waals surface area contributed by atoms with Gasteiger partial charge in [-0.25, -0.2) is 0 Å². The van der Waals surface area contributed by atoms with E-state index in [2.05, 4.69) is 10.6 Å². The predicted octanol–water partition coefficient (Wildman–Crippen LogP) is 0.729. The Balaban J connectivity index is 1.90. The number of ether oxygens (including phenoxy) is 1. The summed E-state index contributed by atoms with van der Waals surface area (Å²) in [4.78, 5) is 26.5. The summed E-state index contributed by atoms with van der Waals surface area (Å²) in [6.45, 7) is 4.56. The van der Waals surface area contributed by atoms with Crippen molar-refractivity contribution in [3.05, 3.63) is 23.8 Å². The lowest BCUT2D eigenvalue weighted by molar-refractivity contribution is -0.127. The van der Waals surface area contributed by atoms with Crippen LogP contribution in [0.2, 0.25) is 0 Å². The van der Waals surface area contributed by atoms with Crippen LogP contribution < -0.4 is 21.1 Å². The van der Waals surface area contributed by atoms with Crippen LogP contribution in [-0.2, 0) is 9.59 Å². The van der Waals surface area contributed by atoms with Crippen LogP contribution in [0.4, 0.5) is 5.69 Å². The minimum Gasteiger partial charge on any atom is -0.495 e.